The van der Waals surface area contributed by atoms with Gasteiger partial charge in [-0.15, -0.1) is 0 Å². The van der Waals surface area contributed by atoms with Crippen LogP contribution < -0.4 is 4.90 Å². The largest absolute Gasteiger partial charge is 0.291 e. The maximum absolute atomic E-state index is 11.5. The molecular weight excluding hydrogens is 230 g/mol. The summed E-state index contributed by atoms with van der Waals surface area (Å²) >= 11 is 0. The first kappa shape index (κ1) is 12.5. The zero-order chi connectivity index (χ0) is 13.0. The molecule has 0 aromatic heterocycles. The molecule has 2 rings (SSSR count). The summed E-state index contributed by atoms with van der Waals surface area (Å²) in [6, 6.07) is 7.33. The quantitative estimate of drug-likeness (QED) is 0.586. The van der Waals surface area contributed by atoms with E-state index in [9.17, 15) is 14.4 Å². The molecule has 1 aliphatic rings. The normalized spacial score (nSPS) is 15.2. The lowest BCUT2D eigenvalue weighted by molar-refractivity contribution is -0.121. The first-order chi connectivity index (χ1) is 8.72. The maximum Gasteiger partial charge on any atom is 0.234 e. The Balaban J connectivity index is 2.05. The molecule has 0 spiro atoms. The molecule has 4 heteroatoms. The molecule has 18 heavy (non-hydrogen) atoms. The fourth-order valence-electron chi connectivity index (χ4n) is 2.04. The first-order valence-electron chi connectivity index (χ1n) is 6.02. The standard InChI is InChI=1S/C14H14NO3/c16-10-2-1-3-11-4-6-12(7-5-11)15-13(17)8-9-14(15)18/h4-7H,1-3,8-9H2. The average Bonchev–Trinajstić information content (AvgIpc) is 2.71. The van der Waals surface area contributed by atoms with Crippen molar-refractivity contribution in [3.63, 3.8) is 0 Å². The lowest BCUT2D eigenvalue weighted by Gasteiger charge is -2.14. The van der Waals surface area contributed by atoms with Gasteiger partial charge in [-0.1, -0.05) is 12.1 Å². The van der Waals surface area contributed by atoms with Crippen LogP contribution in [0.2, 0.25) is 0 Å². The molecule has 0 bridgehead atoms. The van der Waals surface area contributed by atoms with Crippen LogP contribution in [0.1, 0.15) is 31.2 Å². The van der Waals surface area contributed by atoms with Gasteiger partial charge in [-0.05, 0) is 30.5 Å². The van der Waals surface area contributed by atoms with E-state index in [-0.39, 0.29) is 11.8 Å². The Bertz CT molecular complexity index is 448. The van der Waals surface area contributed by atoms with Crippen LogP contribution >= 0.6 is 0 Å². The van der Waals surface area contributed by atoms with Crippen molar-refractivity contribution in [3.8, 4) is 0 Å². The molecule has 0 aliphatic carbocycles. The number of unbranched alkanes of at least 4 members (excludes halogenated alkanes) is 1. The summed E-state index contributed by atoms with van der Waals surface area (Å²) in [5.41, 5.74) is 1.72. The lowest BCUT2D eigenvalue weighted by Crippen LogP contribution is -2.28. The van der Waals surface area contributed by atoms with Crippen molar-refractivity contribution in [2.75, 3.05) is 4.90 Å². The summed E-state index contributed by atoms with van der Waals surface area (Å²) in [5, 5.41) is 0. The first-order valence-corrected chi connectivity index (χ1v) is 6.02. The molecule has 0 saturated carbocycles. The van der Waals surface area contributed by atoms with Gasteiger partial charge in [0.05, 0.1) is 5.69 Å². The van der Waals surface area contributed by atoms with Gasteiger partial charge < -0.3 is 0 Å². The van der Waals surface area contributed by atoms with Gasteiger partial charge in [0.1, 0.15) is 0 Å². The Morgan fingerprint density at radius 2 is 1.67 bits per heavy atom. The van der Waals surface area contributed by atoms with Crippen molar-refractivity contribution in [1.29, 1.82) is 0 Å². The molecule has 93 valence electrons. The Hall–Kier alpha value is -1.97. The third-order valence-electron chi connectivity index (χ3n) is 2.99. The van der Waals surface area contributed by atoms with Crippen molar-refractivity contribution < 1.29 is 14.4 Å². The maximum atomic E-state index is 11.5. The predicted molar refractivity (Wildman–Crippen MR) is 66.8 cm³/mol. The number of rotatable bonds is 5. The number of anilines is 1. The number of hydrogen-bond donors (Lipinski definition) is 0. The van der Waals surface area contributed by atoms with Gasteiger partial charge in [0, 0.05) is 19.3 Å². The second kappa shape index (κ2) is 5.58. The van der Waals surface area contributed by atoms with Crippen LogP contribution in [0.25, 0.3) is 0 Å². The molecule has 2 amide bonds. The zero-order valence-electron chi connectivity index (χ0n) is 10.0. The highest BCUT2D eigenvalue weighted by molar-refractivity contribution is 6.19. The highest BCUT2D eigenvalue weighted by atomic mass is 16.2. The molecule has 1 saturated heterocycles. The minimum Gasteiger partial charge on any atom is -0.291 e. The summed E-state index contributed by atoms with van der Waals surface area (Å²) in [6.07, 6.45) is 4.47. The van der Waals surface area contributed by atoms with Crippen molar-refractivity contribution in [2.24, 2.45) is 0 Å². The highest BCUT2D eigenvalue weighted by Gasteiger charge is 2.29. The van der Waals surface area contributed by atoms with Gasteiger partial charge in [-0.25, -0.2) is 0 Å². The molecule has 0 unspecified atom stereocenters. The topological polar surface area (TPSA) is 54.5 Å². The SMILES string of the molecule is O=[C]CCCc1ccc(N2C(=O)CCC2=O)cc1. The van der Waals surface area contributed by atoms with Crippen molar-refractivity contribution >= 4 is 23.8 Å². The fourth-order valence-corrected chi connectivity index (χ4v) is 2.04. The van der Waals surface area contributed by atoms with Gasteiger partial charge in [0.2, 0.25) is 11.8 Å². The van der Waals surface area contributed by atoms with Crippen LogP contribution in [0.3, 0.4) is 0 Å². The molecule has 0 atom stereocenters. The van der Waals surface area contributed by atoms with Crippen LogP contribution in [0, 0.1) is 0 Å². The number of hydrogen-bond acceptors (Lipinski definition) is 3. The predicted octanol–water partition coefficient (Wildman–Crippen LogP) is 1.77. The van der Waals surface area contributed by atoms with Gasteiger partial charge in [-0.2, -0.15) is 0 Å². The number of imide groups is 1. The van der Waals surface area contributed by atoms with E-state index in [1.807, 2.05) is 18.4 Å². The van der Waals surface area contributed by atoms with E-state index in [0.717, 1.165) is 18.4 Å². The number of aryl methyl sites for hydroxylation is 1. The molecule has 1 fully saturated rings. The van der Waals surface area contributed by atoms with Crippen LogP contribution in [-0.2, 0) is 20.8 Å². The van der Waals surface area contributed by atoms with E-state index in [2.05, 4.69) is 0 Å². The second-order valence-corrected chi connectivity index (χ2v) is 4.29. The zero-order valence-corrected chi connectivity index (χ0v) is 10.0. The number of carbonyl (C=O) groups is 2. The Morgan fingerprint density at radius 1 is 1.06 bits per heavy atom. The number of benzene rings is 1. The Labute approximate surface area is 106 Å². The van der Waals surface area contributed by atoms with E-state index < -0.39 is 0 Å². The third kappa shape index (κ3) is 2.64. The highest BCUT2D eigenvalue weighted by Crippen LogP contribution is 2.23. The molecule has 1 aromatic carbocycles. The molecule has 1 radical (unpaired) electrons. The van der Waals surface area contributed by atoms with E-state index in [1.54, 1.807) is 12.1 Å². The van der Waals surface area contributed by atoms with Gasteiger partial charge in [-0.3, -0.25) is 19.3 Å². The van der Waals surface area contributed by atoms with Crippen LogP contribution in [0.15, 0.2) is 24.3 Å². The van der Waals surface area contributed by atoms with E-state index in [0.29, 0.717) is 24.9 Å². The third-order valence-corrected chi connectivity index (χ3v) is 2.99. The monoisotopic (exact) mass is 244 g/mol. The van der Waals surface area contributed by atoms with Crippen LogP contribution in [0.4, 0.5) is 5.69 Å². The molecular formula is C14H14NO3. The van der Waals surface area contributed by atoms with Crippen molar-refractivity contribution in [1.82, 2.24) is 0 Å². The number of nitrogens with zero attached hydrogens (tertiary/aromatic N) is 1. The summed E-state index contributed by atoms with van der Waals surface area (Å²) in [5.74, 6) is -0.272. The van der Waals surface area contributed by atoms with Crippen molar-refractivity contribution in [3.05, 3.63) is 29.8 Å². The summed E-state index contributed by atoms with van der Waals surface area (Å²) in [6.45, 7) is 0. The van der Waals surface area contributed by atoms with Crippen molar-refractivity contribution in [2.45, 2.75) is 32.1 Å². The van der Waals surface area contributed by atoms with Gasteiger partial charge in [0.25, 0.3) is 0 Å². The number of carbonyl (C=O) groups excluding carboxylic acids is 3. The molecule has 4 nitrogen and oxygen atoms in total. The summed E-state index contributed by atoms with van der Waals surface area (Å²) in [4.78, 5) is 34.4. The molecule has 0 N–H and O–H groups in total. The Kier molecular flexibility index (Phi) is 3.87. The Morgan fingerprint density at radius 3 is 2.22 bits per heavy atom. The van der Waals surface area contributed by atoms with Gasteiger partial charge >= 0.3 is 0 Å². The summed E-state index contributed by atoms with van der Waals surface area (Å²) < 4.78 is 0. The molecule has 1 heterocycles. The molecule has 1 aliphatic heterocycles. The molecule has 1 aromatic rings. The minimum absolute atomic E-state index is 0.136. The van der Waals surface area contributed by atoms with Gasteiger partial charge in [0.15, 0.2) is 6.29 Å². The van der Waals surface area contributed by atoms with E-state index >= 15 is 0 Å². The smallest absolute Gasteiger partial charge is 0.234 e. The minimum atomic E-state index is -0.136. The van der Waals surface area contributed by atoms with E-state index in [4.69, 9.17) is 0 Å². The lowest BCUT2D eigenvalue weighted by atomic mass is 10.1. The second-order valence-electron chi connectivity index (χ2n) is 4.29. The fraction of sp³-hybridized carbons (Fsp3) is 0.357. The summed E-state index contributed by atoms with van der Waals surface area (Å²) in [7, 11) is 0. The average molecular weight is 244 g/mol. The van der Waals surface area contributed by atoms with Crippen LogP contribution in [0.5, 0.6) is 0 Å². The van der Waals surface area contributed by atoms with E-state index in [1.165, 1.54) is 4.90 Å². The number of amides is 2. The van der Waals surface area contributed by atoms with Crippen LogP contribution in [-0.4, -0.2) is 18.1 Å².